The molecule has 1 amide bonds. The van der Waals surface area contributed by atoms with Crippen LogP contribution in [0.2, 0.25) is 0 Å². The average Bonchev–Trinajstić information content (AvgIpc) is 2.54. The van der Waals surface area contributed by atoms with Crippen LogP contribution in [0.25, 0.3) is 0 Å². The summed E-state index contributed by atoms with van der Waals surface area (Å²) in [6.45, 7) is 3.10. The van der Waals surface area contributed by atoms with Crippen LogP contribution < -0.4 is 5.32 Å². The smallest absolute Gasteiger partial charge is 0.285 e. The van der Waals surface area contributed by atoms with Crippen molar-refractivity contribution in [3.8, 4) is 0 Å². The van der Waals surface area contributed by atoms with Crippen LogP contribution in [0.15, 0.2) is 47.4 Å². The molecule has 0 unspecified atom stereocenters. The highest BCUT2D eigenvalue weighted by atomic mass is 32.2. The number of nitro groups is 1. The molecule has 0 aromatic heterocycles. The van der Waals surface area contributed by atoms with E-state index in [0.29, 0.717) is 11.3 Å². The predicted molar refractivity (Wildman–Crippen MR) is 90.0 cm³/mol. The summed E-state index contributed by atoms with van der Waals surface area (Å²) in [5, 5.41) is 13.7. The number of amides is 1. The van der Waals surface area contributed by atoms with Crippen LogP contribution in [0.3, 0.4) is 0 Å². The van der Waals surface area contributed by atoms with E-state index in [4.69, 9.17) is 0 Å². The van der Waals surface area contributed by atoms with Crippen molar-refractivity contribution in [1.82, 2.24) is 0 Å². The van der Waals surface area contributed by atoms with Gasteiger partial charge in [0.15, 0.2) is 9.84 Å². The minimum absolute atomic E-state index is 0.0197. The zero-order valence-electron chi connectivity index (χ0n) is 13.1. The lowest BCUT2D eigenvalue weighted by Gasteiger charge is -2.08. The van der Waals surface area contributed by atoms with E-state index in [9.17, 15) is 23.3 Å². The highest BCUT2D eigenvalue weighted by molar-refractivity contribution is 7.91. The van der Waals surface area contributed by atoms with E-state index >= 15 is 0 Å². The molecule has 1 N–H and O–H groups in total. The minimum atomic E-state index is -3.32. The molecule has 8 heteroatoms. The lowest BCUT2D eigenvalue weighted by atomic mass is 10.1. The molecule has 0 bridgehead atoms. The van der Waals surface area contributed by atoms with Gasteiger partial charge < -0.3 is 5.32 Å². The maximum Gasteiger partial charge on any atom is 0.285 e. The molecule has 0 aliphatic rings. The van der Waals surface area contributed by atoms with Crippen LogP contribution in [-0.4, -0.2) is 25.0 Å². The first-order chi connectivity index (χ1) is 11.3. The summed E-state index contributed by atoms with van der Waals surface area (Å²) >= 11 is 0. The number of hydrogen-bond donors (Lipinski definition) is 1. The normalized spacial score (nSPS) is 11.1. The number of benzene rings is 2. The molecule has 0 heterocycles. The SMILES string of the molecule is CCS(=O)(=O)c1ccc(NC(=O)c2cccc(C)c2[N+](=O)[O-])cc1. The molecule has 2 aromatic carbocycles. The Morgan fingerprint density at radius 1 is 1.17 bits per heavy atom. The van der Waals surface area contributed by atoms with Gasteiger partial charge in [-0.1, -0.05) is 19.1 Å². The Bertz CT molecular complexity index is 889. The fraction of sp³-hybridized carbons (Fsp3) is 0.188. The van der Waals surface area contributed by atoms with Crippen molar-refractivity contribution < 1.29 is 18.1 Å². The number of anilines is 1. The molecule has 0 aliphatic heterocycles. The van der Waals surface area contributed by atoms with Crippen LogP contribution >= 0.6 is 0 Å². The average molecular weight is 348 g/mol. The lowest BCUT2D eigenvalue weighted by Crippen LogP contribution is -2.14. The summed E-state index contributed by atoms with van der Waals surface area (Å²) in [6.07, 6.45) is 0. The lowest BCUT2D eigenvalue weighted by molar-refractivity contribution is -0.385. The molecule has 2 rings (SSSR count). The van der Waals surface area contributed by atoms with E-state index in [1.165, 1.54) is 30.3 Å². The fourth-order valence-electron chi connectivity index (χ4n) is 2.20. The number of nitrogens with zero attached hydrogens (tertiary/aromatic N) is 1. The third-order valence-corrected chi connectivity index (χ3v) is 5.27. The first kappa shape index (κ1) is 17.6. The van der Waals surface area contributed by atoms with Gasteiger partial charge in [0.05, 0.1) is 15.6 Å². The number of rotatable bonds is 5. The van der Waals surface area contributed by atoms with Gasteiger partial charge in [0, 0.05) is 11.3 Å². The number of nitrogens with one attached hydrogen (secondary N) is 1. The monoisotopic (exact) mass is 348 g/mol. The third kappa shape index (κ3) is 3.60. The molecule has 7 nitrogen and oxygen atoms in total. The van der Waals surface area contributed by atoms with E-state index < -0.39 is 20.7 Å². The predicted octanol–water partition coefficient (Wildman–Crippen LogP) is 2.95. The van der Waals surface area contributed by atoms with Crippen LogP contribution in [-0.2, 0) is 9.84 Å². The Labute approximate surface area is 139 Å². The van der Waals surface area contributed by atoms with E-state index in [2.05, 4.69) is 5.32 Å². The number of carbonyl (C=O) groups excluding carboxylic acids is 1. The molecular weight excluding hydrogens is 332 g/mol. The minimum Gasteiger partial charge on any atom is -0.322 e. The summed E-state index contributed by atoms with van der Waals surface area (Å²) in [5.41, 5.74) is 0.438. The second-order valence-corrected chi connectivity index (χ2v) is 7.39. The second-order valence-electron chi connectivity index (χ2n) is 5.11. The van der Waals surface area contributed by atoms with Gasteiger partial charge in [0.1, 0.15) is 5.56 Å². The van der Waals surface area contributed by atoms with Gasteiger partial charge in [0.25, 0.3) is 11.6 Å². The summed E-state index contributed by atoms with van der Waals surface area (Å²) in [7, 11) is -3.32. The number of hydrogen-bond acceptors (Lipinski definition) is 5. The van der Waals surface area contributed by atoms with Gasteiger partial charge in [-0.25, -0.2) is 8.42 Å². The van der Waals surface area contributed by atoms with Crippen molar-refractivity contribution in [3.05, 3.63) is 63.7 Å². The zero-order chi connectivity index (χ0) is 17.9. The van der Waals surface area contributed by atoms with Crippen molar-refractivity contribution >= 4 is 27.1 Å². The van der Waals surface area contributed by atoms with Crippen molar-refractivity contribution in [2.45, 2.75) is 18.7 Å². The second kappa shape index (κ2) is 6.79. The van der Waals surface area contributed by atoms with E-state index in [1.54, 1.807) is 26.0 Å². The molecule has 0 fully saturated rings. The van der Waals surface area contributed by atoms with Gasteiger partial charge in [-0.15, -0.1) is 0 Å². The molecule has 2 aromatic rings. The summed E-state index contributed by atoms with van der Waals surface area (Å²) in [5.74, 6) is -0.648. The van der Waals surface area contributed by atoms with Gasteiger partial charge in [-0.05, 0) is 37.3 Å². The van der Waals surface area contributed by atoms with Crippen LogP contribution in [0.5, 0.6) is 0 Å². The number of carbonyl (C=O) groups is 1. The number of aryl methyl sites for hydroxylation is 1. The molecule has 0 spiro atoms. The molecule has 0 aliphatic carbocycles. The standard InChI is InChI=1S/C16H16N2O5S/c1-3-24(22,23)13-9-7-12(8-10-13)17-16(19)14-6-4-5-11(2)15(14)18(20)21/h4-10H,3H2,1-2H3,(H,17,19). The first-order valence-corrected chi connectivity index (χ1v) is 8.79. The largest absolute Gasteiger partial charge is 0.322 e. The topological polar surface area (TPSA) is 106 Å². The first-order valence-electron chi connectivity index (χ1n) is 7.14. The molecule has 24 heavy (non-hydrogen) atoms. The van der Waals surface area contributed by atoms with E-state index in [1.807, 2.05) is 0 Å². The van der Waals surface area contributed by atoms with Crippen molar-refractivity contribution in [2.75, 3.05) is 11.1 Å². The number of nitro benzene ring substituents is 1. The number of para-hydroxylation sites is 1. The summed E-state index contributed by atoms with van der Waals surface area (Å²) < 4.78 is 23.5. The van der Waals surface area contributed by atoms with Crippen LogP contribution in [0.1, 0.15) is 22.8 Å². The molecular formula is C16H16N2O5S. The van der Waals surface area contributed by atoms with Gasteiger partial charge in [-0.3, -0.25) is 14.9 Å². The van der Waals surface area contributed by atoms with Crippen molar-refractivity contribution in [1.29, 1.82) is 0 Å². The molecule has 0 saturated carbocycles. The Balaban J connectivity index is 2.28. The van der Waals surface area contributed by atoms with Crippen molar-refractivity contribution in [3.63, 3.8) is 0 Å². The van der Waals surface area contributed by atoms with Crippen LogP contribution in [0, 0.1) is 17.0 Å². The number of sulfone groups is 1. The molecule has 126 valence electrons. The Kier molecular flexibility index (Phi) is 4.99. The fourth-order valence-corrected chi connectivity index (χ4v) is 3.08. The molecule has 0 saturated heterocycles. The molecule has 0 radical (unpaired) electrons. The third-order valence-electron chi connectivity index (χ3n) is 3.52. The highest BCUT2D eigenvalue weighted by Crippen LogP contribution is 2.24. The Morgan fingerprint density at radius 2 is 1.79 bits per heavy atom. The Hall–Kier alpha value is -2.74. The quantitative estimate of drug-likeness (QED) is 0.660. The van der Waals surface area contributed by atoms with Gasteiger partial charge >= 0.3 is 0 Å². The van der Waals surface area contributed by atoms with Gasteiger partial charge in [0.2, 0.25) is 0 Å². The maximum absolute atomic E-state index is 12.3. The summed E-state index contributed by atoms with van der Waals surface area (Å²) in [4.78, 5) is 23.0. The molecule has 0 atom stereocenters. The zero-order valence-corrected chi connectivity index (χ0v) is 14.0. The van der Waals surface area contributed by atoms with Crippen molar-refractivity contribution in [2.24, 2.45) is 0 Å². The maximum atomic E-state index is 12.3. The van der Waals surface area contributed by atoms with E-state index in [0.717, 1.165) is 0 Å². The highest BCUT2D eigenvalue weighted by Gasteiger charge is 2.22. The Morgan fingerprint density at radius 3 is 2.33 bits per heavy atom. The van der Waals surface area contributed by atoms with Crippen LogP contribution in [0.4, 0.5) is 11.4 Å². The van der Waals surface area contributed by atoms with Gasteiger partial charge in [-0.2, -0.15) is 0 Å². The van der Waals surface area contributed by atoms with E-state index in [-0.39, 0.29) is 21.9 Å². The summed E-state index contributed by atoms with van der Waals surface area (Å²) in [6, 6.07) is 10.2.